The zero-order valence-corrected chi connectivity index (χ0v) is 16.2. The van der Waals surface area contributed by atoms with Crippen LogP contribution in [0, 0.1) is 13.8 Å². The number of ether oxygens (including phenoxy) is 2. The van der Waals surface area contributed by atoms with Gasteiger partial charge in [0.25, 0.3) is 10.0 Å². The van der Waals surface area contributed by atoms with Gasteiger partial charge in [-0.2, -0.15) is 0 Å². The van der Waals surface area contributed by atoms with Crippen LogP contribution in [0.2, 0.25) is 0 Å². The quantitative estimate of drug-likeness (QED) is 0.694. The molecule has 6 nitrogen and oxygen atoms in total. The summed E-state index contributed by atoms with van der Waals surface area (Å²) in [7, 11) is -2.53. The van der Waals surface area contributed by atoms with E-state index >= 15 is 0 Å². The minimum Gasteiger partial charge on any atom is -0.495 e. The maximum Gasteiger partial charge on any atom is 0.326 e. The fraction of sp³-hybridized carbons (Fsp3) is 0.316. The predicted molar refractivity (Wildman–Crippen MR) is 100 cm³/mol. The molecule has 0 amide bonds. The third-order valence-electron chi connectivity index (χ3n) is 3.79. The lowest BCUT2D eigenvalue weighted by Gasteiger charge is -2.25. The van der Waals surface area contributed by atoms with Gasteiger partial charge in [0, 0.05) is 0 Å². The number of benzene rings is 2. The number of rotatable bonds is 7. The van der Waals surface area contributed by atoms with Gasteiger partial charge in [-0.05, 0) is 50.6 Å². The van der Waals surface area contributed by atoms with Crippen molar-refractivity contribution in [3.63, 3.8) is 0 Å². The average Bonchev–Trinajstić information content (AvgIpc) is 2.60. The number of methoxy groups -OCH3 is 1. The number of carbonyl (C=O) groups is 1. The molecular formula is C19H23NO5S. The van der Waals surface area contributed by atoms with Gasteiger partial charge in [0.05, 0.1) is 24.3 Å². The van der Waals surface area contributed by atoms with Crippen LogP contribution in [0.15, 0.2) is 47.4 Å². The molecule has 0 spiro atoms. The minimum absolute atomic E-state index is 0.0935. The maximum absolute atomic E-state index is 13.2. The van der Waals surface area contributed by atoms with Crippen molar-refractivity contribution in [2.24, 2.45) is 0 Å². The summed E-state index contributed by atoms with van der Waals surface area (Å²) in [4.78, 5) is 12.2. The summed E-state index contributed by atoms with van der Waals surface area (Å²) in [5.74, 6) is -0.276. The molecule has 2 rings (SSSR count). The van der Waals surface area contributed by atoms with E-state index in [-0.39, 0.29) is 11.5 Å². The summed E-state index contributed by atoms with van der Waals surface area (Å²) in [6.07, 6.45) is 0. The molecule has 0 fully saturated rings. The lowest BCUT2D eigenvalue weighted by molar-refractivity contribution is -0.141. The SMILES string of the molecule is CCOC(=O)CN(c1cc(C)ccc1OC)S(=O)(=O)c1ccc(C)cc1. The molecule has 0 saturated heterocycles. The fourth-order valence-electron chi connectivity index (χ4n) is 2.46. The highest BCUT2D eigenvalue weighted by atomic mass is 32.2. The maximum atomic E-state index is 13.2. The van der Waals surface area contributed by atoms with Gasteiger partial charge in [0.15, 0.2) is 0 Å². The summed E-state index contributed by atoms with van der Waals surface area (Å²) < 4.78 is 37.8. The first-order chi connectivity index (χ1) is 12.3. The highest BCUT2D eigenvalue weighted by Crippen LogP contribution is 2.33. The van der Waals surface area contributed by atoms with E-state index in [4.69, 9.17) is 9.47 Å². The summed E-state index contributed by atoms with van der Waals surface area (Å²) in [5, 5.41) is 0. The standard InChI is InChI=1S/C19H23NO5S/c1-5-25-19(21)13-20(17-12-15(3)8-11-18(17)24-4)26(22,23)16-9-6-14(2)7-10-16/h6-12H,5,13H2,1-4H3. The van der Waals surface area contributed by atoms with Crippen molar-refractivity contribution in [1.29, 1.82) is 0 Å². The monoisotopic (exact) mass is 377 g/mol. The van der Waals surface area contributed by atoms with Crippen LogP contribution in [0.5, 0.6) is 5.75 Å². The predicted octanol–water partition coefficient (Wildman–Crippen LogP) is 3.07. The van der Waals surface area contributed by atoms with Crippen LogP contribution in [-0.4, -0.2) is 34.6 Å². The molecule has 2 aromatic carbocycles. The number of esters is 1. The number of hydrogen-bond donors (Lipinski definition) is 0. The van der Waals surface area contributed by atoms with E-state index in [1.807, 2.05) is 19.9 Å². The molecule has 0 atom stereocenters. The third kappa shape index (κ3) is 4.35. The Morgan fingerprint density at radius 2 is 1.65 bits per heavy atom. The average molecular weight is 377 g/mol. The molecule has 2 aromatic rings. The topological polar surface area (TPSA) is 72.9 Å². The van der Waals surface area contributed by atoms with E-state index in [2.05, 4.69) is 0 Å². The van der Waals surface area contributed by atoms with E-state index in [9.17, 15) is 13.2 Å². The summed E-state index contributed by atoms with van der Waals surface area (Å²) in [6, 6.07) is 11.6. The lowest BCUT2D eigenvalue weighted by atomic mass is 10.2. The zero-order valence-electron chi connectivity index (χ0n) is 15.4. The van der Waals surface area contributed by atoms with Crippen molar-refractivity contribution in [2.75, 3.05) is 24.6 Å². The second kappa shape index (κ2) is 8.23. The van der Waals surface area contributed by atoms with Crippen molar-refractivity contribution in [2.45, 2.75) is 25.7 Å². The molecule has 0 aliphatic rings. The molecule has 0 heterocycles. The lowest BCUT2D eigenvalue weighted by Crippen LogP contribution is -2.37. The van der Waals surface area contributed by atoms with Crippen LogP contribution in [0.4, 0.5) is 5.69 Å². The van der Waals surface area contributed by atoms with E-state index in [1.165, 1.54) is 19.2 Å². The van der Waals surface area contributed by atoms with E-state index in [0.29, 0.717) is 11.4 Å². The van der Waals surface area contributed by atoms with Gasteiger partial charge < -0.3 is 9.47 Å². The molecule has 0 aromatic heterocycles. The van der Waals surface area contributed by atoms with Gasteiger partial charge in [-0.1, -0.05) is 23.8 Å². The van der Waals surface area contributed by atoms with Gasteiger partial charge in [0.2, 0.25) is 0 Å². The smallest absolute Gasteiger partial charge is 0.326 e. The van der Waals surface area contributed by atoms with Crippen molar-refractivity contribution in [3.05, 3.63) is 53.6 Å². The molecule has 0 unspecified atom stereocenters. The van der Waals surface area contributed by atoms with Crippen LogP contribution < -0.4 is 9.04 Å². The molecule has 7 heteroatoms. The second-order valence-corrected chi connectivity index (χ2v) is 7.67. The Balaban J connectivity index is 2.59. The normalized spacial score (nSPS) is 11.1. The molecular weight excluding hydrogens is 354 g/mol. The largest absolute Gasteiger partial charge is 0.495 e. The summed E-state index contributed by atoms with van der Waals surface area (Å²) in [6.45, 7) is 5.11. The Hall–Kier alpha value is -2.54. The van der Waals surface area contributed by atoms with E-state index < -0.39 is 22.5 Å². The summed E-state index contributed by atoms with van der Waals surface area (Å²) in [5.41, 5.74) is 2.07. The third-order valence-corrected chi connectivity index (χ3v) is 5.56. The molecule has 0 radical (unpaired) electrons. The van der Waals surface area contributed by atoms with Gasteiger partial charge in [-0.25, -0.2) is 8.42 Å². The summed E-state index contributed by atoms with van der Waals surface area (Å²) >= 11 is 0. The van der Waals surface area contributed by atoms with Crippen LogP contribution in [0.3, 0.4) is 0 Å². The van der Waals surface area contributed by atoms with Gasteiger partial charge >= 0.3 is 5.97 Å². The van der Waals surface area contributed by atoms with Crippen molar-refractivity contribution < 1.29 is 22.7 Å². The Morgan fingerprint density at radius 3 is 2.23 bits per heavy atom. The van der Waals surface area contributed by atoms with Crippen LogP contribution in [0.25, 0.3) is 0 Å². The molecule has 26 heavy (non-hydrogen) atoms. The first-order valence-corrected chi connectivity index (χ1v) is 9.63. The van der Waals surface area contributed by atoms with Crippen LogP contribution in [0.1, 0.15) is 18.1 Å². The van der Waals surface area contributed by atoms with Gasteiger partial charge in [0.1, 0.15) is 12.3 Å². The van der Waals surface area contributed by atoms with Crippen LogP contribution in [-0.2, 0) is 19.6 Å². The minimum atomic E-state index is -3.98. The number of hydrogen-bond acceptors (Lipinski definition) is 5. The van der Waals surface area contributed by atoms with Crippen molar-refractivity contribution in [3.8, 4) is 5.75 Å². The molecule has 0 aliphatic carbocycles. The highest BCUT2D eigenvalue weighted by molar-refractivity contribution is 7.92. The first-order valence-electron chi connectivity index (χ1n) is 8.19. The van der Waals surface area contributed by atoms with Crippen LogP contribution >= 0.6 is 0 Å². The Bertz CT molecular complexity index is 875. The molecule has 0 N–H and O–H groups in total. The Morgan fingerprint density at radius 1 is 1.04 bits per heavy atom. The number of sulfonamides is 1. The van der Waals surface area contributed by atoms with E-state index in [0.717, 1.165) is 15.4 Å². The Kier molecular flexibility index (Phi) is 6.26. The number of anilines is 1. The fourth-order valence-corrected chi connectivity index (χ4v) is 3.87. The molecule has 0 aliphatic heterocycles. The van der Waals surface area contributed by atoms with Crippen molar-refractivity contribution >= 4 is 21.7 Å². The zero-order chi connectivity index (χ0) is 19.3. The molecule has 0 bridgehead atoms. The van der Waals surface area contributed by atoms with Gasteiger partial charge in [-0.3, -0.25) is 9.10 Å². The van der Waals surface area contributed by atoms with E-state index in [1.54, 1.807) is 31.2 Å². The number of nitrogens with zero attached hydrogens (tertiary/aromatic N) is 1. The second-order valence-electron chi connectivity index (χ2n) is 5.81. The first kappa shape index (κ1) is 19.8. The molecule has 0 saturated carbocycles. The number of carbonyl (C=O) groups excluding carboxylic acids is 1. The van der Waals surface area contributed by atoms with Crippen molar-refractivity contribution in [1.82, 2.24) is 0 Å². The molecule has 140 valence electrons. The number of aryl methyl sites for hydroxylation is 2. The highest BCUT2D eigenvalue weighted by Gasteiger charge is 2.30. The Labute approximate surface area is 154 Å². The van der Waals surface area contributed by atoms with Gasteiger partial charge in [-0.15, -0.1) is 0 Å².